The molecule has 2 aromatic rings. The van der Waals surface area contributed by atoms with E-state index >= 15 is 0 Å². The number of benzene rings is 1. The lowest BCUT2D eigenvalue weighted by atomic mass is 10.3. The van der Waals surface area contributed by atoms with Crippen LogP contribution in [-0.2, 0) is 0 Å². The highest BCUT2D eigenvalue weighted by atomic mass is 35.5. The van der Waals surface area contributed by atoms with E-state index in [0.717, 1.165) is 0 Å². The second kappa shape index (κ2) is 6.74. The van der Waals surface area contributed by atoms with Gasteiger partial charge >= 0.3 is 0 Å². The van der Waals surface area contributed by atoms with Crippen molar-refractivity contribution in [3.8, 4) is 0 Å². The third-order valence-corrected chi connectivity index (χ3v) is 3.17. The van der Waals surface area contributed by atoms with Crippen molar-refractivity contribution in [1.29, 1.82) is 0 Å². The number of carbonyl (C=O) groups excluding carboxylic acids is 1. The summed E-state index contributed by atoms with van der Waals surface area (Å²) in [4.78, 5) is 20.2. The van der Waals surface area contributed by atoms with Crippen LogP contribution < -0.4 is 10.6 Å². The number of hydrogen-bond acceptors (Lipinski definition) is 4. The zero-order chi connectivity index (χ0) is 15.4. The molecule has 1 aromatic carbocycles. The number of aromatic nitrogens is 2. The van der Waals surface area contributed by atoms with E-state index in [0.29, 0.717) is 21.6 Å². The van der Waals surface area contributed by atoms with Crippen molar-refractivity contribution in [2.75, 3.05) is 10.6 Å². The Kier molecular flexibility index (Phi) is 4.98. The number of carbonyl (C=O) groups is 1. The van der Waals surface area contributed by atoms with Crippen molar-refractivity contribution in [3.63, 3.8) is 0 Å². The molecule has 0 radical (unpaired) electrons. The summed E-state index contributed by atoms with van der Waals surface area (Å²) in [5, 5.41) is 6.49. The summed E-state index contributed by atoms with van der Waals surface area (Å²) in [6.45, 7) is 3.96. The van der Waals surface area contributed by atoms with Gasteiger partial charge in [0.05, 0.1) is 15.7 Å². The van der Waals surface area contributed by atoms with Gasteiger partial charge in [0.2, 0.25) is 0 Å². The van der Waals surface area contributed by atoms with Gasteiger partial charge in [0, 0.05) is 12.1 Å². The molecule has 110 valence electrons. The van der Waals surface area contributed by atoms with Crippen molar-refractivity contribution in [2.24, 2.45) is 0 Å². The van der Waals surface area contributed by atoms with Crippen LogP contribution in [0.1, 0.15) is 24.3 Å². The van der Waals surface area contributed by atoms with Gasteiger partial charge in [0.25, 0.3) is 5.91 Å². The van der Waals surface area contributed by atoms with E-state index in [1.807, 2.05) is 13.8 Å². The summed E-state index contributed by atoms with van der Waals surface area (Å²) in [5.41, 5.74) is 0.590. The maximum atomic E-state index is 12.2. The summed E-state index contributed by atoms with van der Waals surface area (Å²) >= 11 is 12.0. The average Bonchev–Trinajstić information content (AvgIpc) is 2.42. The molecule has 0 unspecified atom stereocenters. The lowest BCUT2D eigenvalue weighted by Crippen LogP contribution is -2.16. The van der Waals surface area contributed by atoms with E-state index in [1.165, 1.54) is 6.33 Å². The molecular formula is C14H14Cl2N4O. The fourth-order valence-corrected chi connectivity index (χ4v) is 2.14. The zero-order valence-electron chi connectivity index (χ0n) is 11.5. The Morgan fingerprint density at radius 1 is 1.19 bits per heavy atom. The van der Waals surface area contributed by atoms with Crippen LogP contribution in [0.2, 0.25) is 10.0 Å². The monoisotopic (exact) mass is 324 g/mol. The third-order valence-electron chi connectivity index (χ3n) is 2.54. The Morgan fingerprint density at radius 2 is 1.86 bits per heavy atom. The van der Waals surface area contributed by atoms with Gasteiger partial charge in [0.1, 0.15) is 17.8 Å². The van der Waals surface area contributed by atoms with Crippen LogP contribution in [0.25, 0.3) is 0 Å². The molecule has 0 atom stereocenters. The minimum Gasteiger partial charge on any atom is -0.368 e. The van der Waals surface area contributed by atoms with Crippen LogP contribution in [0.4, 0.5) is 11.5 Å². The SMILES string of the molecule is CC(C)Nc1cc(C(=O)Nc2c(Cl)cccc2Cl)ncn1. The minimum atomic E-state index is -0.404. The quantitative estimate of drug-likeness (QED) is 0.896. The summed E-state index contributed by atoms with van der Waals surface area (Å²) < 4.78 is 0. The van der Waals surface area contributed by atoms with E-state index in [9.17, 15) is 4.79 Å². The first-order chi connectivity index (χ1) is 9.97. The van der Waals surface area contributed by atoms with Gasteiger partial charge in [-0.25, -0.2) is 9.97 Å². The lowest BCUT2D eigenvalue weighted by molar-refractivity contribution is 0.102. The van der Waals surface area contributed by atoms with E-state index in [2.05, 4.69) is 20.6 Å². The van der Waals surface area contributed by atoms with E-state index < -0.39 is 5.91 Å². The molecule has 7 heteroatoms. The standard InChI is InChI=1S/C14H14Cl2N4O/c1-8(2)19-12-6-11(17-7-18-12)14(21)20-13-9(15)4-3-5-10(13)16/h3-8H,1-2H3,(H,20,21)(H,17,18,19). The van der Waals surface area contributed by atoms with Gasteiger partial charge in [0.15, 0.2) is 0 Å². The molecule has 2 N–H and O–H groups in total. The van der Waals surface area contributed by atoms with Gasteiger partial charge in [-0.05, 0) is 26.0 Å². The van der Waals surface area contributed by atoms with Crippen molar-refractivity contribution in [2.45, 2.75) is 19.9 Å². The van der Waals surface area contributed by atoms with Crippen molar-refractivity contribution < 1.29 is 4.79 Å². The van der Waals surface area contributed by atoms with E-state index in [-0.39, 0.29) is 11.7 Å². The van der Waals surface area contributed by atoms with Crippen LogP contribution in [0, 0.1) is 0 Å². The molecule has 1 amide bonds. The van der Waals surface area contributed by atoms with Gasteiger partial charge in [-0.3, -0.25) is 4.79 Å². The Labute approximate surface area is 132 Å². The first-order valence-electron chi connectivity index (χ1n) is 6.31. The number of anilines is 2. The molecule has 0 spiro atoms. The molecule has 21 heavy (non-hydrogen) atoms. The van der Waals surface area contributed by atoms with Crippen molar-refractivity contribution >= 4 is 40.6 Å². The van der Waals surface area contributed by atoms with Crippen LogP contribution in [0.5, 0.6) is 0 Å². The Morgan fingerprint density at radius 3 is 2.48 bits per heavy atom. The van der Waals surface area contributed by atoms with Gasteiger partial charge in [-0.2, -0.15) is 0 Å². The maximum Gasteiger partial charge on any atom is 0.274 e. The molecule has 0 aliphatic carbocycles. The predicted octanol–water partition coefficient (Wildman–Crippen LogP) is 3.86. The molecule has 0 bridgehead atoms. The average molecular weight is 325 g/mol. The smallest absolute Gasteiger partial charge is 0.274 e. The van der Waals surface area contributed by atoms with Crippen molar-refractivity contribution in [3.05, 3.63) is 46.3 Å². The van der Waals surface area contributed by atoms with E-state index in [4.69, 9.17) is 23.2 Å². The lowest BCUT2D eigenvalue weighted by Gasteiger charge is -2.11. The van der Waals surface area contributed by atoms with Crippen LogP contribution >= 0.6 is 23.2 Å². The first kappa shape index (κ1) is 15.5. The predicted molar refractivity (Wildman–Crippen MR) is 85.2 cm³/mol. The highest BCUT2D eigenvalue weighted by Gasteiger charge is 2.13. The van der Waals surface area contributed by atoms with Crippen LogP contribution in [0.15, 0.2) is 30.6 Å². The number of rotatable bonds is 4. The van der Waals surface area contributed by atoms with Crippen LogP contribution in [-0.4, -0.2) is 21.9 Å². The summed E-state index contributed by atoms with van der Waals surface area (Å²) in [6.07, 6.45) is 1.33. The fraction of sp³-hybridized carbons (Fsp3) is 0.214. The van der Waals surface area contributed by atoms with Gasteiger partial charge < -0.3 is 10.6 Å². The molecular weight excluding hydrogens is 311 g/mol. The van der Waals surface area contributed by atoms with Crippen molar-refractivity contribution in [1.82, 2.24) is 9.97 Å². The summed E-state index contributed by atoms with van der Waals surface area (Å²) in [7, 11) is 0. The first-order valence-corrected chi connectivity index (χ1v) is 7.07. The second-order valence-electron chi connectivity index (χ2n) is 4.64. The molecule has 0 fully saturated rings. The molecule has 0 saturated heterocycles. The number of nitrogens with one attached hydrogen (secondary N) is 2. The third kappa shape index (κ3) is 4.06. The number of hydrogen-bond donors (Lipinski definition) is 2. The zero-order valence-corrected chi connectivity index (χ0v) is 13.0. The number of para-hydroxylation sites is 1. The highest BCUT2D eigenvalue weighted by molar-refractivity contribution is 6.40. The Balaban J connectivity index is 2.21. The van der Waals surface area contributed by atoms with E-state index in [1.54, 1.807) is 24.3 Å². The molecule has 0 aliphatic heterocycles. The highest BCUT2D eigenvalue weighted by Crippen LogP contribution is 2.30. The molecule has 2 rings (SSSR count). The number of halogens is 2. The largest absolute Gasteiger partial charge is 0.368 e. The summed E-state index contributed by atoms with van der Waals surface area (Å²) in [5.74, 6) is 0.176. The Bertz CT molecular complexity index is 641. The minimum absolute atomic E-state index is 0.203. The Hall–Kier alpha value is -1.85. The topological polar surface area (TPSA) is 66.9 Å². The molecule has 1 heterocycles. The number of nitrogens with zero attached hydrogens (tertiary/aromatic N) is 2. The van der Waals surface area contributed by atoms with Gasteiger partial charge in [-0.15, -0.1) is 0 Å². The normalized spacial score (nSPS) is 10.5. The number of amides is 1. The fourth-order valence-electron chi connectivity index (χ4n) is 1.65. The molecule has 5 nitrogen and oxygen atoms in total. The molecule has 0 saturated carbocycles. The maximum absolute atomic E-state index is 12.2. The van der Waals surface area contributed by atoms with Gasteiger partial charge in [-0.1, -0.05) is 29.3 Å². The summed E-state index contributed by atoms with van der Waals surface area (Å²) in [6, 6.07) is 6.77. The van der Waals surface area contributed by atoms with Crippen LogP contribution in [0.3, 0.4) is 0 Å². The second-order valence-corrected chi connectivity index (χ2v) is 5.45. The molecule has 1 aromatic heterocycles. The molecule has 0 aliphatic rings.